The maximum Gasteiger partial charge on any atom is 0.346 e. The van der Waals surface area contributed by atoms with Gasteiger partial charge in [-0.05, 0) is 50.6 Å². The standard InChI is InChI=1S/C15H20N2O2S/c1-17(2)9-5-8-16-10-12-11-6-3-4-7-13(11)20-14(12)15(18)19/h3-4,6-7,16H,5,8-10H2,1-2H3,(H,18,19). The first-order valence-electron chi connectivity index (χ1n) is 6.68. The van der Waals surface area contributed by atoms with Gasteiger partial charge in [-0.3, -0.25) is 0 Å². The summed E-state index contributed by atoms with van der Waals surface area (Å²) < 4.78 is 1.04. The van der Waals surface area contributed by atoms with Crippen molar-refractivity contribution < 1.29 is 9.90 Å². The second-order valence-electron chi connectivity index (χ2n) is 5.04. The lowest BCUT2D eigenvalue weighted by atomic mass is 10.1. The molecule has 0 bridgehead atoms. The molecule has 1 heterocycles. The Balaban J connectivity index is 2.08. The number of carboxylic acids is 1. The molecule has 0 unspecified atom stereocenters. The molecule has 0 amide bonds. The van der Waals surface area contributed by atoms with E-state index in [1.165, 1.54) is 11.3 Å². The number of nitrogens with one attached hydrogen (secondary N) is 1. The summed E-state index contributed by atoms with van der Waals surface area (Å²) in [6.45, 7) is 2.53. The van der Waals surface area contributed by atoms with Gasteiger partial charge in [0.1, 0.15) is 4.88 Å². The van der Waals surface area contributed by atoms with E-state index < -0.39 is 5.97 Å². The first-order chi connectivity index (χ1) is 9.59. The van der Waals surface area contributed by atoms with Crippen molar-refractivity contribution in [2.24, 2.45) is 0 Å². The van der Waals surface area contributed by atoms with Crippen molar-refractivity contribution in [1.82, 2.24) is 10.2 Å². The third-order valence-electron chi connectivity index (χ3n) is 3.15. The number of benzene rings is 1. The zero-order valence-electron chi connectivity index (χ0n) is 11.8. The number of rotatable bonds is 7. The molecule has 0 spiro atoms. The van der Waals surface area contributed by atoms with E-state index in [4.69, 9.17) is 0 Å². The third-order valence-corrected chi connectivity index (χ3v) is 4.35. The second-order valence-corrected chi connectivity index (χ2v) is 6.10. The van der Waals surface area contributed by atoms with Gasteiger partial charge in [0.05, 0.1) is 0 Å². The van der Waals surface area contributed by atoms with Crippen LogP contribution in [0.15, 0.2) is 24.3 Å². The summed E-state index contributed by atoms with van der Waals surface area (Å²) in [6, 6.07) is 7.87. The van der Waals surface area contributed by atoms with E-state index in [0.717, 1.165) is 35.2 Å². The fraction of sp³-hybridized carbons (Fsp3) is 0.400. The minimum absolute atomic E-state index is 0.450. The Morgan fingerprint density at radius 1 is 1.35 bits per heavy atom. The molecule has 0 aliphatic rings. The zero-order valence-corrected chi connectivity index (χ0v) is 12.7. The van der Waals surface area contributed by atoms with Crippen molar-refractivity contribution in [2.75, 3.05) is 27.2 Å². The Morgan fingerprint density at radius 3 is 2.80 bits per heavy atom. The monoisotopic (exact) mass is 292 g/mol. The number of thiophene rings is 1. The Labute approximate surface area is 123 Å². The van der Waals surface area contributed by atoms with Gasteiger partial charge in [-0.15, -0.1) is 11.3 Å². The highest BCUT2D eigenvalue weighted by Gasteiger charge is 2.16. The molecular formula is C15H20N2O2S. The van der Waals surface area contributed by atoms with Gasteiger partial charge in [-0.1, -0.05) is 18.2 Å². The van der Waals surface area contributed by atoms with Crippen LogP contribution in [-0.4, -0.2) is 43.2 Å². The van der Waals surface area contributed by atoms with Gasteiger partial charge in [-0.2, -0.15) is 0 Å². The molecular weight excluding hydrogens is 272 g/mol. The summed E-state index contributed by atoms with van der Waals surface area (Å²) in [5.41, 5.74) is 0.906. The minimum atomic E-state index is -0.837. The zero-order chi connectivity index (χ0) is 14.5. The van der Waals surface area contributed by atoms with Crippen LogP contribution in [0.4, 0.5) is 0 Å². The molecule has 0 saturated heterocycles. The SMILES string of the molecule is CN(C)CCCNCc1c(C(=O)O)sc2ccccc12. The Morgan fingerprint density at radius 2 is 2.10 bits per heavy atom. The lowest BCUT2D eigenvalue weighted by Gasteiger charge is -2.10. The summed E-state index contributed by atoms with van der Waals surface area (Å²) in [4.78, 5) is 13.9. The summed E-state index contributed by atoms with van der Waals surface area (Å²) in [6.07, 6.45) is 1.05. The first-order valence-corrected chi connectivity index (χ1v) is 7.50. The molecule has 1 aromatic heterocycles. The van der Waals surface area contributed by atoms with Crippen LogP contribution in [0.5, 0.6) is 0 Å². The van der Waals surface area contributed by atoms with Crippen molar-refractivity contribution in [1.29, 1.82) is 0 Å². The first kappa shape index (κ1) is 15.0. The van der Waals surface area contributed by atoms with Gasteiger partial charge in [0, 0.05) is 11.2 Å². The predicted octanol–water partition coefficient (Wildman–Crippen LogP) is 2.64. The number of hydrogen-bond donors (Lipinski definition) is 2. The molecule has 0 aliphatic carbocycles. The van der Waals surface area contributed by atoms with Crippen molar-refractivity contribution >= 4 is 27.4 Å². The smallest absolute Gasteiger partial charge is 0.346 e. The average molecular weight is 292 g/mol. The van der Waals surface area contributed by atoms with Crippen LogP contribution >= 0.6 is 11.3 Å². The lowest BCUT2D eigenvalue weighted by Crippen LogP contribution is -2.21. The van der Waals surface area contributed by atoms with Crippen LogP contribution in [0.2, 0.25) is 0 Å². The molecule has 20 heavy (non-hydrogen) atoms. The maximum atomic E-state index is 11.3. The number of carbonyl (C=O) groups is 1. The number of nitrogens with zero attached hydrogens (tertiary/aromatic N) is 1. The minimum Gasteiger partial charge on any atom is -0.477 e. The fourth-order valence-electron chi connectivity index (χ4n) is 2.18. The van der Waals surface area contributed by atoms with E-state index in [-0.39, 0.29) is 0 Å². The van der Waals surface area contributed by atoms with Gasteiger partial charge in [-0.25, -0.2) is 4.79 Å². The Kier molecular flexibility index (Phi) is 5.11. The highest BCUT2D eigenvalue weighted by atomic mass is 32.1. The molecule has 1 aromatic carbocycles. The number of aromatic carboxylic acids is 1. The molecule has 2 N–H and O–H groups in total. The van der Waals surface area contributed by atoms with E-state index in [1.54, 1.807) is 0 Å². The summed E-state index contributed by atoms with van der Waals surface area (Å²) >= 11 is 1.35. The molecule has 2 rings (SSSR count). The Hall–Kier alpha value is -1.43. The summed E-state index contributed by atoms with van der Waals surface area (Å²) in [7, 11) is 4.10. The third kappa shape index (κ3) is 3.56. The van der Waals surface area contributed by atoms with Gasteiger partial charge in [0.25, 0.3) is 0 Å². The highest BCUT2D eigenvalue weighted by Crippen LogP contribution is 2.31. The van der Waals surface area contributed by atoms with Crippen LogP contribution < -0.4 is 5.32 Å². The molecule has 0 atom stereocenters. The van der Waals surface area contributed by atoms with Gasteiger partial charge in [0.15, 0.2) is 0 Å². The summed E-state index contributed by atoms with van der Waals surface area (Å²) in [5, 5.41) is 13.7. The fourth-order valence-corrected chi connectivity index (χ4v) is 3.24. The van der Waals surface area contributed by atoms with Crippen molar-refractivity contribution in [3.63, 3.8) is 0 Å². The lowest BCUT2D eigenvalue weighted by molar-refractivity contribution is 0.0701. The molecule has 0 saturated carbocycles. The van der Waals surface area contributed by atoms with Crippen LogP contribution in [-0.2, 0) is 6.54 Å². The molecule has 0 fully saturated rings. The van der Waals surface area contributed by atoms with Crippen molar-refractivity contribution in [3.8, 4) is 0 Å². The average Bonchev–Trinajstić information content (AvgIpc) is 2.77. The van der Waals surface area contributed by atoms with Crippen molar-refractivity contribution in [2.45, 2.75) is 13.0 Å². The largest absolute Gasteiger partial charge is 0.477 e. The topological polar surface area (TPSA) is 52.6 Å². The van der Waals surface area contributed by atoms with E-state index in [9.17, 15) is 9.90 Å². The van der Waals surface area contributed by atoms with E-state index in [0.29, 0.717) is 11.4 Å². The van der Waals surface area contributed by atoms with Crippen LogP contribution in [0.1, 0.15) is 21.7 Å². The van der Waals surface area contributed by atoms with Gasteiger partial charge < -0.3 is 15.3 Å². The number of carboxylic acid groups (broad SMARTS) is 1. The molecule has 5 heteroatoms. The van der Waals surface area contributed by atoms with E-state index in [1.807, 2.05) is 24.3 Å². The highest BCUT2D eigenvalue weighted by molar-refractivity contribution is 7.21. The van der Waals surface area contributed by atoms with Crippen molar-refractivity contribution in [3.05, 3.63) is 34.7 Å². The second kappa shape index (κ2) is 6.83. The van der Waals surface area contributed by atoms with E-state index >= 15 is 0 Å². The molecule has 4 nitrogen and oxygen atoms in total. The Bertz CT molecular complexity index is 593. The number of fused-ring (bicyclic) bond motifs is 1. The predicted molar refractivity (Wildman–Crippen MR) is 83.7 cm³/mol. The molecule has 2 aromatic rings. The normalized spacial score (nSPS) is 11.3. The molecule has 0 aliphatic heterocycles. The molecule has 0 radical (unpaired) electrons. The van der Waals surface area contributed by atoms with E-state index in [2.05, 4.69) is 24.3 Å². The summed E-state index contributed by atoms with van der Waals surface area (Å²) in [5.74, 6) is -0.837. The maximum absolute atomic E-state index is 11.3. The van der Waals surface area contributed by atoms with Crippen LogP contribution in [0, 0.1) is 0 Å². The van der Waals surface area contributed by atoms with Crippen LogP contribution in [0.25, 0.3) is 10.1 Å². The van der Waals surface area contributed by atoms with Crippen LogP contribution in [0.3, 0.4) is 0 Å². The van der Waals surface area contributed by atoms with Gasteiger partial charge in [0.2, 0.25) is 0 Å². The van der Waals surface area contributed by atoms with Gasteiger partial charge >= 0.3 is 5.97 Å². The quantitative estimate of drug-likeness (QED) is 0.770. The molecule has 108 valence electrons. The number of hydrogen-bond acceptors (Lipinski definition) is 4.